The monoisotopic (exact) mass is 286 g/mol. The molecule has 0 atom stereocenters. The molecular weight excluding hydrogens is 268 g/mol. The minimum absolute atomic E-state index is 0.495. The Bertz CT molecular complexity index is 359. The van der Waals surface area contributed by atoms with Crippen LogP contribution in [0.25, 0.3) is 0 Å². The normalized spacial score (nSPS) is 18.5. The largest absolute Gasteiger partial charge is 0.179 e. The van der Waals surface area contributed by atoms with E-state index in [4.69, 9.17) is 11.6 Å². The molecule has 0 heterocycles. The summed E-state index contributed by atoms with van der Waals surface area (Å²) >= 11 is 12.7. The van der Waals surface area contributed by atoms with Crippen LogP contribution in [0, 0.1) is 5.41 Å². The summed E-state index contributed by atoms with van der Waals surface area (Å²) in [6.45, 7) is 0. The molecule has 1 saturated carbocycles. The van der Waals surface area contributed by atoms with E-state index in [-0.39, 0.29) is 0 Å². The first-order valence-electron chi connectivity index (χ1n) is 6.18. The molecular formula is C14H19ClS2. The second-order valence-electron chi connectivity index (χ2n) is 4.95. The Balaban J connectivity index is 1.85. The molecule has 17 heavy (non-hydrogen) atoms. The SMILES string of the molecule is SCC1(CSCc2ccccc2Cl)CCCC1. The van der Waals surface area contributed by atoms with Gasteiger partial charge in [0.15, 0.2) is 0 Å². The van der Waals surface area contributed by atoms with Crippen LogP contribution in [-0.4, -0.2) is 11.5 Å². The van der Waals surface area contributed by atoms with Crippen LogP contribution in [0.3, 0.4) is 0 Å². The highest BCUT2D eigenvalue weighted by Crippen LogP contribution is 2.42. The van der Waals surface area contributed by atoms with Gasteiger partial charge in [-0.25, -0.2) is 0 Å². The number of thioether (sulfide) groups is 1. The first-order chi connectivity index (χ1) is 8.26. The summed E-state index contributed by atoms with van der Waals surface area (Å²) in [5.41, 5.74) is 1.75. The van der Waals surface area contributed by atoms with Gasteiger partial charge in [0.05, 0.1) is 0 Å². The highest BCUT2D eigenvalue weighted by Gasteiger charge is 2.32. The van der Waals surface area contributed by atoms with Gasteiger partial charge in [0, 0.05) is 16.5 Å². The van der Waals surface area contributed by atoms with Crippen LogP contribution in [0.1, 0.15) is 31.2 Å². The number of hydrogen-bond donors (Lipinski definition) is 1. The van der Waals surface area contributed by atoms with Gasteiger partial charge in [0.1, 0.15) is 0 Å². The van der Waals surface area contributed by atoms with Crippen LogP contribution in [0.15, 0.2) is 24.3 Å². The summed E-state index contributed by atoms with van der Waals surface area (Å²) in [6.07, 6.45) is 5.47. The molecule has 0 nitrogen and oxygen atoms in total. The maximum absolute atomic E-state index is 6.16. The van der Waals surface area contributed by atoms with E-state index in [0.29, 0.717) is 5.41 Å². The van der Waals surface area contributed by atoms with Crippen molar-refractivity contribution in [3.05, 3.63) is 34.9 Å². The smallest absolute Gasteiger partial charge is 0.0446 e. The van der Waals surface area contributed by atoms with Crippen molar-refractivity contribution in [2.75, 3.05) is 11.5 Å². The highest BCUT2D eigenvalue weighted by molar-refractivity contribution is 7.98. The fourth-order valence-electron chi connectivity index (χ4n) is 2.47. The maximum atomic E-state index is 6.16. The van der Waals surface area contributed by atoms with E-state index in [2.05, 4.69) is 24.8 Å². The van der Waals surface area contributed by atoms with Crippen molar-refractivity contribution in [3.8, 4) is 0 Å². The van der Waals surface area contributed by atoms with Gasteiger partial charge in [0.25, 0.3) is 0 Å². The lowest BCUT2D eigenvalue weighted by molar-refractivity contribution is 0.403. The molecule has 2 rings (SSSR count). The quantitative estimate of drug-likeness (QED) is 0.738. The first-order valence-corrected chi connectivity index (χ1v) is 8.34. The number of thiol groups is 1. The van der Waals surface area contributed by atoms with E-state index in [1.807, 2.05) is 23.9 Å². The Morgan fingerprint density at radius 1 is 1.24 bits per heavy atom. The fourth-order valence-corrected chi connectivity index (χ4v) is 4.72. The van der Waals surface area contributed by atoms with E-state index in [1.54, 1.807) is 0 Å². The van der Waals surface area contributed by atoms with Crippen molar-refractivity contribution in [1.82, 2.24) is 0 Å². The molecule has 0 N–H and O–H groups in total. The molecule has 1 aliphatic carbocycles. The lowest BCUT2D eigenvalue weighted by atomic mass is 9.91. The average molecular weight is 287 g/mol. The van der Waals surface area contributed by atoms with Gasteiger partial charge in [-0.3, -0.25) is 0 Å². The zero-order valence-electron chi connectivity index (χ0n) is 9.99. The van der Waals surface area contributed by atoms with Gasteiger partial charge in [-0.15, -0.1) is 0 Å². The average Bonchev–Trinajstić information content (AvgIpc) is 2.81. The van der Waals surface area contributed by atoms with Crippen molar-refractivity contribution in [2.45, 2.75) is 31.4 Å². The summed E-state index contributed by atoms with van der Waals surface area (Å²) in [5.74, 6) is 3.28. The predicted molar refractivity (Wildman–Crippen MR) is 82.4 cm³/mol. The molecule has 0 radical (unpaired) electrons. The van der Waals surface area contributed by atoms with Crippen molar-refractivity contribution in [3.63, 3.8) is 0 Å². The second-order valence-corrected chi connectivity index (χ2v) is 6.66. The third-order valence-corrected chi connectivity index (χ3v) is 5.99. The summed E-state index contributed by atoms with van der Waals surface area (Å²) in [6, 6.07) is 8.15. The summed E-state index contributed by atoms with van der Waals surface area (Å²) in [5, 5.41) is 0.895. The van der Waals surface area contributed by atoms with Crippen LogP contribution in [0.5, 0.6) is 0 Å². The molecule has 0 bridgehead atoms. The molecule has 0 aromatic heterocycles. The molecule has 1 aliphatic rings. The van der Waals surface area contributed by atoms with E-state index in [1.165, 1.54) is 37.0 Å². The van der Waals surface area contributed by atoms with E-state index in [0.717, 1.165) is 16.5 Å². The van der Waals surface area contributed by atoms with Gasteiger partial charge < -0.3 is 0 Å². The van der Waals surface area contributed by atoms with E-state index in [9.17, 15) is 0 Å². The molecule has 94 valence electrons. The molecule has 3 heteroatoms. The molecule has 0 unspecified atom stereocenters. The van der Waals surface area contributed by atoms with Crippen LogP contribution in [0.2, 0.25) is 5.02 Å². The molecule has 1 fully saturated rings. The standard InChI is InChI=1S/C14H19ClS2/c15-13-6-2-1-5-12(13)9-17-11-14(10-16)7-3-4-8-14/h1-2,5-6,16H,3-4,7-11H2. The van der Waals surface area contributed by atoms with Gasteiger partial charge in [-0.05, 0) is 35.6 Å². The molecule has 1 aromatic rings. The molecule has 0 aliphatic heterocycles. The number of hydrogen-bond acceptors (Lipinski definition) is 2. The van der Waals surface area contributed by atoms with Gasteiger partial charge in [-0.1, -0.05) is 42.6 Å². The number of benzene rings is 1. The Morgan fingerprint density at radius 3 is 2.59 bits per heavy atom. The minimum atomic E-state index is 0.495. The van der Waals surface area contributed by atoms with Crippen molar-refractivity contribution < 1.29 is 0 Å². The van der Waals surface area contributed by atoms with E-state index >= 15 is 0 Å². The molecule has 0 amide bonds. The van der Waals surface area contributed by atoms with Gasteiger partial charge >= 0.3 is 0 Å². The molecule has 0 saturated heterocycles. The predicted octanol–water partition coefficient (Wildman–Crippen LogP) is 5.06. The lowest BCUT2D eigenvalue weighted by Gasteiger charge is -2.26. The lowest BCUT2D eigenvalue weighted by Crippen LogP contribution is -2.21. The Labute approximate surface area is 119 Å². The third kappa shape index (κ3) is 3.59. The minimum Gasteiger partial charge on any atom is -0.179 e. The molecule has 1 aromatic carbocycles. The summed E-state index contributed by atoms with van der Waals surface area (Å²) in [7, 11) is 0. The van der Waals surface area contributed by atoms with Crippen LogP contribution in [-0.2, 0) is 5.75 Å². The topological polar surface area (TPSA) is 0 Å². The Hall–Kier alpha value is 0.210. The Kier molecular flexibility index (Phi) is 5.13. The van der Waals surface area contributed by atoms with Crippen molar-refractivity contribution in [2.24, 2.45) is 5.41 Å². The summed E-state index contributed by atoms with van der Waals surface area (Å²) < 4.78 is 0. The van der Waals surface area contributed by atoms with Gasteiger partial charge in [-0.2, -0.15) is 24.4 Å². The highest BCUT2D eigenvalue weighted by atomic mass is 35.5. The zero-order valence-corrected chi connectivity index (χ0v) is 12.5. The van der Waals surface area contributed by atoms with Crippen LogP contribution < -0.4 is 0 Å². The number of rotatable bonds is 5. The van der Waals surface area contributed by atoms with E-state index < -0.39 is 0 Å². The van der Waals surface area contributed by atoms with Crippen molar-refractivity contribution in [1.29, 1.82) is 0 Å². The maximum Gasteiger partial charge on any atom is 0.0446 e. The zero-order chi connectivity index (χ0) is 12.1. The molecule has 0 spiro atoms. The fraction of sp³-hybridized carbons (Fsp3) is 0.571. The van der Waals surface area contributed by atoms with Crippen LogP contribution in [0.4, 0.5) is 0 Å². The van der Waals surface area contributed by atoms with Gasteiger partial charge in [0.2, 0.25) is 0 Å². The van der Waals surface area contributed by atoms with Crippen molar-refractivity contribution >= 4 is 36.0 Å². The summed E-state index contributed by atoms with van der Waals surface area (Å²) in [4.78, 5) is 0. The second kappa shape index (κ2) is 6.40. The third-order valence-electron chi connectivity index (χ3n) is 3.62. The van der Waals surface area contributed by atoms with Crippen LogP contribution >= 0.6 is 36.0 Å². The number of halogens is 1. The first kappa shape index (κ1) is 13.6. The Morgan fingerprint density at radius 2 is 1.94 bits per heavy atom.